The number of halogens is 1. The largest absolute Gasteiger partial charge is 0.497 e. The van der Waals surface area contributed by atoms with Crippen molar-refractivity contribution in [3.63, 3.8) is 0 Å². The van der Waals surface area contributed by atoms with Gasteiger partial charge in [-0.15, -0.1) is 0 Å². The molecule has 116 valence electrons. The van der Waals surface area contributed by atoms with Crippen molar-refractivity contribution in [1.82, 2.24) is 0 Å². The van der Waals surface area contributed by atoms with Crippen LogP contribution in [0.15, 0.2) is 41.5 Å². The second-order valence-electron chi connectivity index (χ2n) is 5.15. The van der Waals surface area contributed by atoms with Gasteiger partial charge < -0.3 is 9.47 Å². The summed E-state index contributed by atoms with van der Waals surface area (Å²) in [6.07, 6.45) is 7.60. The second-order valence-corrected chi connectivity index (χ2v) is 5.80. The summed E-state index contributed by atoms with van der Waals surface area (Å²) in [6, 6.07) is 5.94. The Morgan fingerprint density at radius 3 is 2.48 bits per heavy atom. The highest BCUT2D eigenvalue weighted by Gasteiger charge is 2.05. The van der Waals surface area contributed by atoms with Crippen LogP contribution in [0.5, 0.6) is 11.5 Å². The Morgan fingerprint density at radius 1 is 1.10 bits per heavy atom. The van der Waals surface area contributed by atoms with Crippen LogP contribution >= 0.6 is 15.9 Å². The van der Waals surface area contributed by atoms with E-state index >= 15 is 0 Å². The zero-order chi connectivity index (χ0) is 15.7. The summed E-state index contributed by atoms with van der Waals surface area (Å²) in [7, 11) is 3.39. The molecule has 0 saturated heterocycles. The van der Waals surface area contributed by atoms with Gasteiger partial charge in [-0.1, -0.05) is 39.2 Å². The van der Waals surface area contributed by atoms with Gasteiger partial charge in [-0.2, -0.15) is 0 Å². The van der Waals surface area contributed by atoms with Gasteiger partial charge in [0, 0.05) is 10.9 Å². The molecule has 0 aliphatic rings. The lowest BCUT2D eigenvalue weighted by Gasteiger charge is -2.11. The summed E-state index contributed by atoms with van der Waals surface area (Å²) in [5.41, 5.74) is 3.95. The predicted octanol–water partition coefficient (Wildman–Crippen LogP) is 5.31. The zero-order valence-electron chi connectivity index (χ0n) is 13.4. The summed E-state index contributed by atoms with van der Waals surface area (Å²) >= 11 is 3.43. The molecule has 0 radical (unpaired) electrons. The van der Waals surface area contributed by atoms with E-state index in [1.54, 1.807) is 14.2 Å². The Balaban J connectivity index is 2.69. The molecule has 0 amide bonds. The fourth-order valence-corrected chi connectivity index (χ4v) is 2.73. The number of allylic oxidation sites excluding steroid dienone is 4. The lowest BCUT2D eigenvalue weighted by atomic mass is 10.0. The minimum atomic E-state index is 0.870. The van der Waals surface area contributed by atoms with E-state index in [4.69, 9.17) is 9.47 Å². The zero-order valence-corrected chi connectivity index (χ0v) is 15.0. The molecule has 1 rings (SSSR count). The van der Waals surface area contributed by atoms with Gasteiger partial charge in [-0.25, -0.2) is 0 Å². The number of methoxy groups -OCH3 is 2. The number of alkyl halides is 1. The molecule has 0 aromatic heterocycles. The molecule has 0 bridgehead atoms. The van der Waals surface area contributed by atoms with E-state index < -0.39 is 0 Å². The number of hydrogen-bond acceptors (Lipinski definition) is 2. The Kier molecular flexibility index (Phi) is 8.21. The Hall–Kier alpha value is -1.22. The van der Waals surface area contributed by atoms with Gasteiger partial charge in [0.15, 0.2) is 0 Å². The molecule has 1 aromatic carbocycles. The van der Waals surface area contributed by atoms with Crippen LogP contribution in [0.1, 0.15) is 32.3 Å². The maximum atomic E-state index is 5.42. The monoisotopic (exact) mass is 352 g/mol. The smallest absolute Gasteiger partial charge is 0.122 e. The third-order valence-corrected chi connectivity index (χ3v) is 3.74. The van der Waals surface area contributed by atoms with Crippen LogP contribution in [0.25, 0.3) is 0 Å². The van der Waals surface area contributed by atoms with Crippen molar-refractivity contribution in [1.29, 1.82) is 0 Å². The third-order valence-electron chi connectivity index (χ3n) is 3.41. The quantitative estimate of drug-likeness (QED) is 0.466. The SMILES string of the molecule is COc1ccc(OC)c(CC(C)=CCCC(C)=CCBr)c1. The summed E-state index contributed by atoms with van der Waals surface area (Å²) in [5.74, 6) is 1.79. The van der Waals surface area contributed by atoms with Gasteiger partial charge >= 0.3 is 0 Å². The molecule has 0 heterocycles. The van der Waals surface area contributed by atoms with Crippen LogP contribution < -0.4 is 9.47 Å². The van der Waals surface area contributed by atoms with Gasteiger partial charge in [0.25, 0.3) is 0 Å². The maximum absolute atomic E-state index is 5.42. The van der Waals surface area contributed by atoms with Gasteiger partial charge in [0.05, 0.1) is 14.2 Å². The molecule has 0 N–H and O–H groups in total. The van der Waals surface area contributed by atoms with E-state index in [1.165, 1.54) is 16.7 Å². The predicted molar refractivity (Wildman–Crippen MR) is 93.8 cm³/mol. The molecular formula is C18H25BrO2. The van der Waals surface area contributed by atoms with Gasteiger partial charge in [-0.3, -0.25) is 0 Å². The van der Waals surface area contributed by atoms with Crippen molar-refractivity contribution in [2.24, 2.45) is 0 Å². The molecule has 0 unspecified atom stereocenters. The van der Waals surface area contributed by atoms with Crippen molar-refractivity contribution < 1.29 is 9.47 Å². The maximum Gasteiger partial charge on any atom is 0.122 e. The molecule has 1 aromatic rings. The number of benzene rings is 1. The van der Waals surface area contributed by atoms with E-state index in [1.807, 2.05) is 18.2 Å². The molecule has 0 saturated carbocycles. The fraction of sp³-hybridized carbons (Fsp3) is 0.444. The lowest BCUT2D eigenvalue weighted by Crippen LogP contribution is -1.95. The molecule has 0 aliphatic carbocycles. The Morgan fingerprint density at radius 2 is 1.86 bits per heavy atom. The van der Waals surface area contributed by atoms with E-state index in [9.17, 15) is 0 Å². The third kappa shape index (κ3) is 6.38. The highest BCUT2D eigenvalue weighted by Crippen LogP contribution is 2.26. The van der Waals surface area contributed by atoms with Crippen molar-refractivity contribution >= 4 is 15.9 Å². The van der Waals surface area contributed by atoms with E-state index in [-0.39, 0.29) is 0 Å². The van der Waals surface area contributed by atoms with Crippen molar-refractivity contribution in [2.75, 3.05) is 19.5 Å². The van der Waals surface area contributed by atoms with Crippen LogP contribution in [0.2, 0.25) is 0 Å². The van der Waals surface area contributed by atoms with Crippen LogP contribution in [-0.4, -0.2) is 19.5 Å². The highest BCUT2D eigenvalue weighted by molar-refractivity contribution is 9.09. The first-order chi connectivity index (χ1) is 10.1. The van der Waals surface area contributed by atoms with E-state index in [0.29, 0.717) is 0 Å². The summed E-state index contributed by atoms with van der Waals surface area (Å²) in [6.45, 7) is 4.35. The molecule has 0 fully saturated rings. The van der Waals surface area contributed by atoms with Crippen LogP contribution in [0, 0.1) is 0 Å². The van der Waals surface area contributed by atoms with Crippen LogP contribution in [-0.2, 0) is 6.42 Å². The first-order valence-corrected chi connectivity index (χ1v) is 8.31. The fourth-order valence-electron chi connectivity index (χ4n) is 2.17. The van der Waals surface area contributed by atoms with Gasteiger partial charge in [0.2, 0.25) is 0 Å². The Bertz CT molecular complexity index is 504. The van der Waals surface area contributed by atoms with Crippen LogP contribution in [0.3, 0.4) is 0 Å². The summed E-state index contributed by atoms with van der Waals surface area (Å²) < 4.78 is 10.7. The first-order valence-electron chi connectivity index (χ1n) is 7.18. The molecular weight excluding hydrogens is 328 g/mol. The van der Waals surface area contributed by atoms with Crippen molar-refractivity contribution in [3.8, 4) is 11.5 Å². The minimum Gasteiger partial charge on any atom is -0.497 e. The van der Waals surface area contributed by atoms with E-state index in [2.05, 4.69) is 41.9 Å². The minimum absolute atomic E-state index is 0.870. The highest BCUT2D eigenvalue weighted by atomic mass is 79.9. The standard InChI is InChI=1S/C18H25BrO2/c1-14(10-11-19)6-5-7-15(2)12-16-13-17(20-3)8-9-18(16)21-4/h7-10,13H,5-6,11-12H2,1-4H3. The average Bonchev–Trinajstić information content (AvgIpc) is 2.47. The number of rotatable bonds is 8. The molecule has 3 heteroatoms. The average molecular weight is 353 g/mol. The lowest BCUT2D eigenvalue weighted by molar-refractivity contribution is 0.399. The number of hydrogen-bond donors (Lipinski definition) is 0. The first kappa shape index (κ1) is 17.8. The molecule has 0 atom stereocenters. The molecule has 0 spiro atoms. The second kappa shape index (κ2) is 9.67. The molecule has 21 heavy (non-hydrogen) atoms. The van der Waals surface area contributed by atoms with Crippen molar-refractivity contribution in [2.45, 2.75) is 33.1 Å². The number of ether oxygens (including phenoxy) is 2. The van der Waals surface area contributed by atoms with Crippen LogP contribution in [0.4, 0.5) is 0 Å². The van der Waals surface area contributed by atoms with Gasteiger partial charge in [-0.05, 0) is 51.3 Å². The van der Waals surface area contributed by atoms with Gasteiger partial charge in [0.1, 0.15) is 11.5 Å². The summed E-state index contributed by atoms with van der Waals surface area (Å²) in [4.78, 5) is 0. The molecule has 0 aliphatic heterocycles. The summed E-state index contributed by atoms with van der Waals surface area (Å²) in [5, 5.41) is 0.933. The van der Waals surface area contributed by atoms with E-state index in [0.717, 1.165) is 36.1 Å². The topological polar surface area (TPSA) is 18.5 Å². The normalized spacial score (nSPS) is 12.4. The van der Waals surface area contributed by atoms with Crippen molar-refractivity contribution in [3.05, 3.63) is 47.1 Å². The Labute approximate surface area is 137 Å². The molecule has 2 nitrogen and oxygen atoms in total.